The molecule has 1 saturated heterocycles. The normalized spacial score (nSPS) is 18.1. The molecular weight excluding hydrogens is 832 g/mol. The summed E-state index contributed by atoms with van der Waals surface area (Å²) in [6.45, 7) is 12.9. The highest BCUT2D eigenvalue weighted by Gasteiger charge is 2.33. The number of piperazine rings is 1. The molecule has 0 spiro atoms. The topological polar surface area (TPSA) is 169 Å². The molecule has 0 bridgehead atoms. The minimum absolute atomic E-state index is 0.0292. The molecule has 2 aromatic heterocycles. The Morgan fingerprint density at radius 3 is 2.60 bits per heavy atom. The Kier molecular flexibility index (Phi) is 12.3. The second kappa shape index (κ2) is 17.7. The maximum absolute atomic E-state index is 14.0. The number of hydrogen-bond acceptors (Lipinski definition) is 11. The highest BCUT2D eigenvalue weighted by molar-refractivity contribution is 7.90. The number of nitrogens with one attached hydrogen (secondary N) is 2. The molecule has 1 fully saturated rings. The third-order valence-corrected chi connectivity index (χ3v) is 13.4. The maximum atomic E-state index is 14.0. The van der Waals surface area contributed by atoms with Crippen molar-refractivity contribution in [2.45, 2.75) is 64.4 Å². The minimum Gasteiger partial charge on any atom is -0.493 e. The third-order valence-electron chi connectivity index (χ3n) is 11.9. The van der Waals surface area contributed by atoms with E-state index in [0.717, 1.165) is 74.1 Å². The number of pyridine rings is 1. The van der Waals surface area contributed by atoms with Crippen LogP contribution in [0.5, 0.6) is 17.2 Å². The molecule has 3 aliphatic rings. The molecule has 2 aliphatic heterocycles. The van der Waals surface area contributed by atoms with Crippen LogP contribution in [0.25, 0.3) is 16.6 Å². The van der Waals surface area contributed by atoms with Crippen LogP contribution in [0.15, 0.2) is 89.6 Å². The van der Waals surface area contributed by atoms with Gasteiger partial charge in [0.2, 0.25) is 0 Å². The molecule has 1 amide bonds. The second-order valence-corrected chi connectivity index (χ2v) is 19.6. The molecule has 62 heavy (non-hydrogen) atoms. The zero-order valence-electron chi connectivity index (χ0n) is 35.3. The number of nitrogens with zero attached hydrogens (tertiary/aromatic N) is 4. The molecule has 1 atom stereocenters. The number of benzene rings is 3. The lowest BCUT2D eigenvalue weighted by Gasteiger charge is -2.39. The van der Waals surface area contributed by atoms with E-state index in [-0.39, 0.29) is 53.1 Å². The maximum Gasteiger partial charge on any atom is 0.277 e. The number of amides is 1. The summed E-state index contributed by atoms with van der Waals surface area (Å²) >= 11 is 6.24. The van der Waals surface area contributed by atoms with Crippen molar-refractivity contribution in [1.29, 1.82) is 0 Å². The van der Waals surface area contributed by atoms with Gasteiger partial charge in [-0.2, -0.15) is 0 Å². The summed E-state index contributed by atoms with van der Waals surface area (Å²) in [7, 11) is -4.63. The number of carbonyl (C=O) groups is 1. The molecule has 3 aromatic carbocycles. The lowest BCUT2D eigenvalue weighted by molar-refractivity contribution is -0.386. The molecule has 14 nitrogen and oxygen atoms in total. The van der Waals surface area contributed by atoms with Gasteiger partial charge in [0.1, 0.15) is 22.9 Å². The highest BCUT2D eigenvalue weighted by Crippen LogP contribution is 2.44. The third kappa shape index (κ3) is 9.76. The van der Waals surface area contributed by atoms with Gasteiger partial charge in [-0.1, -0.05) is 43.2 Å². The number of ether oxygens (including phenoxy) is 3. The number of allylic oxidation sites excluding steroid dienone is 1. The molecule has 5 aromatic rings. The molecule has 0 radical (unpaired) electrons. The molecule has 16 heteroatoms. The molecule has 8 rings (SSSR count). The van der Waals surface area contributed by atoms with E-state index in [1.807, 2.05) is 32.0 Å². The summed E-state index contributed by atoms with van der Waals surface area (Å²) in [5.74, 6) is -0.581. The highest BCUT2D eigenvalue weighted by atomic mass is 35.5. The first-order valence-electron chi connectivity index (χ1n) is 20.9. The summed E-state index contributed by atoms with van der Waals surface area (Å²) < 4.78 is 47.7. The number of aromatic amines is 1. The van der Waals surface area contributed by atoms with Gasteiger partial charge in [0, 0.05) is 79.1 Å². The summed E-state index contributed by atoms with van der Waals surface area (Å²) in [6.07, 6.45) is 6.71. The Hall–Kier alpha value is -5.48. The number of rotatable bonds is 13. The summed E-state index contributed by atoms with van der Waals surface area (Å²) in [5, 5.41) is 13.7. The summed E-state index contributed by atoms with van der Waals surface area (Å²) in [6, 6.07) is 19.0. The first-order chi connectivity index (χ1) is 29.6. The van der Waals surface area contributed by atoms with E-state index in [9.17, 15) is 23.3 Å². The van der Waals surface area contributed by atoms with Crippen molar-refractivity contribution < 1.29 is 32.3 Å². The van der Waals surface area contributed by atoms with Crippen molar-refractivity contribution in [2.75, 3.05) is 50.8 Å². The number of nitro groups is 1. The van der Waals surface area contributed by atoms with Crippen molar-refractivity contribution >= 4 is 55.5 Å². The number of anilines is 1. The van der Waals surface area contributed by atoms with E-state index in [1.165, 1.54) is 35.0 Å². The van der Waals surface area contributed by atoms with Crippen molar-refractivity contribution in [3.63, 3.8) is 0 Å². The fourth-order valence-corrected chi connectivity index (χ4v) is 9.59. The van der Waals surface area contributed by atoms with Crippen molar-refractivity contribution in [3.05, 3.63) is 117 Å². The molecule has 4 heterocycles. The van der Waals surface area contributed by atoms with Gasteiger partial charge >= 0.3 is 0 Å². The number of halogens is 1. The molecule has 0 saturated carbocycles. The fraction of sp³-hybridized carbons (Fsp3) is 0.391. The quantitative estimate of drug-likeness (QED) is 0.0856. The monoisotopic (exact) mass is 882 g/mol. The van der Waals surface area contributed by atoms with Crippen LogP contribution in [-0.2, 0) is 21.2 Å². The fourth-order valence-electron chi connectivity index (χ4n) is 8.46. The molecule has 2 N–H and O–H groups in total. The van der Waals surface area contributed by atoms with E-state index in [1.54, 1.807) is 24.4 Å². The van der Waals surface area contributed by atoms with Crippen LogP contribution >= 0.6 is 11.6 Å². The van der Waals surface area contributed by atoms with Crippen LogP contribution in [-0.4, -0.2) is 86.2 Å². The average Bonchev–Trinajstić information content (AvgIpc) is 3.71. The van der Waals surface area contributed by atoms with E-state index in [4.69, 9.17) is 25.8 Å². The zero-order valence-corrected chi connectivity index (χ0v) is 36.9. The molecule has 0 unspecified atom stereocenters. The summed E-state index contributed by atoms with van der Waals surface area (Å²) in [4.78, 5) is 37.3. The Balaban J connectivity index is 1.02. The van der Waals surface area contributed by atoms with Crippen LogP contribution in [0.2, 0.25) is 5.02 Å². The van der Waals surface area contributed by atoms with E-state index in [0.29, 0.717) is 18.0 Å². The Morgan fingerprint density at radius 2 is 1.85 bits per heavy atom. The second-order valence-electron chi connectivity index (χ2n) is 17.4. The average molecular weight is 883 g/mol. The number of fused-ring (bicyclic) bond motifs is 2. The van der Waals surface area contributed by atoms with Crippen LogP contribution in [0.4, 0.5) is 11.4 Å². The standard InChI is InChI=1S/C46H51ClN6O8S/c1-29(2)59-27-30-19-39-41(53(55)56)22-37(23-42(39)60-28-30)62(57,58)50-45(54)38-10-9-35(21-43(38)61-36-20-32-12-14-48-44(32)49-25-36)52-17-15-51(16-18-52)26-33-11-13-46(3,4)24-40(33)31-5-7-34(47)8-6-31/h5-10,12,14,20-23,25,29-30H,11,13,15-19,24,26-28H2,1-4H3,(H,48,49)(H,50,54)/t30-/m0/s1. The SMILES string of the molecule is CC(C)OC[C@H]1COc2cc(S(=O)(=O)NC(=O)c3ccc(N4CCN(CC5=C(c6ccc(Cl)cc6)CC(C)(C)CC5)CC4)cc3Oc3cnc4[nH]ccc4c3)cc([N+](=O)[O-])c2C1. The van der Waals surface area contributed by atoms with Crippen molar-refractivity contribution in [1.82, 2.24) is 19.6 Å². The lowest BCUT2D eigenvalue weighted by Crippen LogP contribution is -2.47. The first kappa shape index (κ1) is 43.2. The molecule has 326 valence electrons. The lowest BCUT2D eigenvalue weighted by atomic mass is 9.72. The number of nitro benzene ring substituents is 1. The van der Waals surface area contributed by atoms with Crippen LogP contribution < -0.4 is 19.1 Å². The molecular formula is C46H51ClN6O8S. The predicted octanol–water partition coefficient (Wildman–Crippen LogP) is 8.80. The predicted molar refractivity (Wildman–Crippen MR) is 239 cm³/mol. The van der Waals surface area contributed by atoms with Gasteiger partial charge in [-0.05, 0) is 92.5 Å². The van der Waals surface area contributed by atoms with Crippen LogP contribution in [0, 0.1) is 21.4 Å². The van der Waals surface area contributed by atoms with E-state index >= 15 is 0 Å². The van der Waals surface area contributed by atoms with Crippen LogP contribution in [0.3, 0.4) is 0 Å². The first-order valence-corrected chi connectivity index (χ1v) is 22.8. The van der Waals surface area contributed by atoms with Gasteiger partial charge in [0.15, 0.2) is 0 Å². The van der Waals surface area contributed by atoms with Gasteiger partial charge in [0.25, 0.3) is 21.6 Å². The number of hydrogen-bond donors (Lipinski definition) is 2. The van der Waals surface area contributed by atoms with Crippen molar-refractivity contribution in [2.24, 2.45) is 11.3 Å². The van der Waals surface area contributed by atoms with E-state index < -0.39 is 31.4 Å². The Labute approximate surface area is 366 Å². The molecule has 1 aliphatic carbocycles. The van der Waals surface area contributed by atoms with Crippen molar-refractivity contribution in [3.8, 4) is 17.2 Å². The zero-order chi connectivity index (χ0) is 43.8. The van der Waals surface area contributed by atoms with Gasteiger partial charge in [-0.3, -0.25) is 19.8 Å². The largest absolute Gasteiger partial charge is 0.493 e. The number of sulfonamides is 1. The number of carbonyl (C=O) groups excluding carboxylic acids is 1. The Bertz CT molecular complexity index is 2640. The summed E-state index contributed by atoms with van der Waals surface area (Å²) in [5.41, 5.74) is 5.59. The Morgan fingerprint density at radius 1 is 1.08 bits per heavy atom. The van der Waals surface area contributed by atoms with Crippen LogP contribution in [0.1, 0.15) is 68.4 Å². The number of aromatic nitrogens is 2. The van der Waals surface area contributed by atoms with E-state index in [2.05, 4.69) is 50.5 Å². The van der Waals surface area contributed by atoms with Gasteiger partial charge < -0.3 is 24.1 Å². The smallest absolute Gasteiger partial charge is 0.277 e. The number of H-pyrrole nitrogens is 1. The minimum atomic E-state index is -4.63. The van der Waals surface area contributed by atoms with Gasteiger partial charge in [-0.25, -0.2) is 18.1 Å². The van der Waals surface area contributed by atoms with Gasteiger partial charge in [-0.15, -0.1) is 0 Å². The van der Waals surface area contributed by atoms with Gasteiger partial charge in [0.05, 0.1) is 46.5 Å².